The summed E-state index contributed by atoms with van der Waals surface area (Å²) in [6, 6.07) is 9.70. The molecule has 2 aromatic carbocycles. The number of amides is 2. The molecule has 0 bridgehead atoms. The molecule has 2 amide bonds. The Morgan fingerprint density at radius 3 is 2.50 bits per heavy atom. The van der Waals surface area contributed by atoms with Gasteiger partial charge in [-0.3, -0.25) is 9.59 Å². The fraction of sp³-hybridized carbons (Fsp3) is 0.0667. The molecule has 22 heavy (non-hydrogen) atoms. The van der Waals surface area contributed by atoms with E-state index >= 15 is 0 Å². The number of carbonyl (C=O) groups is 2. The average Bonchev–Trinajstić information content (AvgIpc) is 2.49. The summed E-state index contributed by atoms with van der Waals surface area (Å²) in [5.74, 6) is -3.10. The lowest BCUT2D eigenvalue weighted by molar-refractivity contribution is -0.115. The molecule has 0 radical (unpaired) electrons. The van der Waals surface area contributed by atoms with Gasteiger partial charge in [-0.15, -0.1) is 11.8 Å². The molecule has 3 N–H and O–H groups in total. The highest BCUT2D eigenvalue weighted by molar-refractivity contribution is 8.00. The number of thioether (sulfide) groups is 1. The lowest BCUT2D eigenvalue weighted by Crippen LogP contribution is -2.15. The molecule has 0 atom stereocenters. The molecule has 0 unspecified atom stereocenters. The van der Waals surface area contributed by atoms with Crippen LogP contribution in [0.1, 0.15) is 10.4 Å². The maximum atomic E-state index is 13.2. The number of rotatable bonds is 5. The van der Waals surface area contributed by atoms with E-state index in [2.05, 4.69) is 5.32 Å². The Labute approximate surface area is 129 Å². The van der Waals surface area contributed by atoms with E-state index in [4.69, 9.17) is 5.73 Å². The zero-order valence-corrected chi connectivity index (χ0v) is 12.1. The molecule has 0 aliphatic heterocycles. The van der Waals surface area contributed by atoms with E-state index in [1.54, 1.807) is 24.3 Å². The van der Waals surface area contributed by atoms with Crippen LogP contribution < -0.4 is 11.1 Å². The Kier molecular flexibility index (Phi) is 5.11. The number of hydrogen-bond acceptors (Lipinski definition) is 3. The number of para-hydroxylation sites is 1. The van der Waals surface area contributed by atoms with Crippen LogP contribution in [-0.4, -0.2) is 17.6 Å². The maximum absolute atomic E-state index is 13.2. The summed E-state index contributed by atoms with van der Waals surface area (Å²) in [5.41, 5.74) is 5.54. The minimum absolute atomic E-state index is 0.00592. The van der Waals surface area contributed by atoms with E-state index in [1.807, 2.05) is 0 Å². The van der Waals surface area contributed by atoms with Crippen LogP contribution in [0.15, 0.2) is 47.4 Å². The largest absolute Gasteiger partial charge is 0.369 e. The van der Waals surface area contributed by atoms with Gasteiger partial charge in [0.05, 0.1) is 11.4 Å². The number of benzene rings is 2. The Hall–Kier alpha value is -2.41. The zero-order chi connectivity index (χ0) is 16.1. The van der Waals surface area contributed by atoms with Crippen molar-refractivity contribution in [2.24, 2.45) is 5.73 Å². The maximum Gasteiger partial charge on any atom is 0.255 e. The summed E-state index contributed by atoms with van der Waals surface area (Å²) in [6.07, 6.45) is 0. The number of primary amides is 1. The van der Waals surface area contributed by atoms with Crippen molar-refractivity contribution in [3.8, 4) is 0 Å². The number of anilines is 1. The van der Waals surface area contributed by atoms with E-state index < -0.39 is 23.4 Å². The van der Waals surface area contributed by atoms with Gasteiger partial charge >= 0.3 is 0 Å². The number of carbonyl (C=O) groups excluding carboxylic acids is 2. The molecular formula is C15H12F2N2O2S. The van der Waals surface area contributed by atoms with Crippen LogP contribution in [0.25, 0.3) is 0 Å². The molecule has 0 aliphatic rings. The molecule has 0 aliphatic carbocycles. The van der Waals surface area contributed by atoms with Crippen molar-refractivity contribution < 1.29 is 18.4 Å². The van der Waals surface area contributed by atoms with Gasteiger partial charge in [-0.05, 0) is 30.3 Å². The monoisotopic (exact) mass is 322 g/mol. The second-order valence-corrected chi connectivity index (χ2v) is 5.35. The van der Waals surface area contributed by atoms with Gasteiger partial charge in [0.25, 0.3) is 5.91 Å². The third-order valence-electron chi connectivity index (χ3n) is 2.69. The first-order chi connectivity index (χ1) is 10.5. The summed E-state index contributed by atoms with van der Waals surface area (Å²) in [4.78, 5) is 23.6. The molecule has 2 aromatic rings. The van der Waals surface area contributed by atoms with E-state index in [1.165, 1.54) is 17.8 Å². The summed E-state index contributed by atoms with van der Waals surface area (Å²) in [5, 5.41) is 2.60. The topological polar surface area (TPSA) is 72.2 Å². The zero-order valence-electron chi connectivity index (χ0n) is 11.3. The Morgan fingerprint density at radius 2 is 1.82 bits per heavy atom. The number of halogens is 2. The fourth-order valence-electron chi connectivity index (χ4n) is 1.68. The van der Waals surface area contributed by atoms with Crippen molar-refractivity contribution in [2.75, 3.05) is 11.1 Å². The molecule has 0 heterocycles. The van der Waals surface area contributed by atoms with Crippen molar-refractivity contribution in [1.29, 1.82) is 0 Å². The first-order valence-electron chi connectivity index (χ1n) is 6.24. The highest BCUT2D eigenvalue weighted by Gasteiger charge is 2.12. The van der Waals surface area contributed by atoms with E-state index in [0.29, 0.717) is 10.6 Å². The summed E-state index contributed by atoms with van der Waals surface area (Å²) < 4.78 is 26.0. The van der Waals surface area contributed by atoms with Crippen molar-refractivity contribution in [3.63, 3.8) is 0 Å². The predicted octanol–water partition coefficient (Wildman–Crippen LogP) is 2.79. The number of nitrogens with two attached hydrogens (primary N) is 1. The van der Waals surface area contributed by atoms with Crippen molar-refractivity contribution in [2.45, 2.75) is 4.90 Å². The highest BCUT2D eigenvalue weighted by Crippen LogP contribution is 2.27. The fourth-order valence-corrected chi connectivity index (χ4v) is 2.42. The van der Waals surface area contributed by atoms with Crippen molar-refractivity contribution in [3.05, 3.63) is 59.7 Å². The standard InChI is InChI=1S/C15H12F2N2O2S/c16-10-6-5-9(7-11(10)17)15(21)19-12-3-1-2-4-13(12)22-8-14(18)20/h1-7H,8H2,(H2,18,20)(H,19,21). The Bertz CT molecular complexity index is 722. The van der Waals surface area contributed by atoms with Crippen LogP contribution in [0.2, 0.25) is 0 Å². The van der Waals surface area contributed by atoms with Gasteiger partial charge in [0, 0.05) is 10.5 Å². The van der Waals surface area contributed by atoms with E-state index in [-0.39, 0.29) is 11.3 Å². The van der Waals surface area contributed by atoms with Crippen LogP contribution in [0.4, 0.5) is 14.5 Å². The Balaban J connectivity index is 2.17. The molecule has 4 nitrogen and oxygen atoms in total. The first kappa shape index (κ1) is 16.0. The second kappa shape index (κ2) is 7.04. The van der Waals surface area contributed by atoms with Crippen molar-refractivity contribution >= 4 is 29.3 Å². The van der Waals surface area contributed by atoms with Gasteiger partial charge in [-0.1, -0.05) is 12.1 Å². The predicted molar refractivity (Wildman–Crippen MR) is 80.7 cm³/mol. The lowest BCUT2D eigenvalue weighted by Gasteiger charge is -2.10. The lowest BCUT2D eigenvalue weighted by atomic mass is 10.2. The minimum Gasteiger partial charge on any atom is -0.369 e. The summed E-state index contributed by atoms with van der Waals surface area (Å²) in [6.45, 7) is 0. The van der Waals surface area contributed by atoms with Gasteiger partial charge in [0.15, 0.2) is 11.6 Å². The smallest absolute Gasteiger partial charge is 0.255 e. The third-order valence-corrected chi connectivity index (χ3v) is 3.78. The van der Waals surface area contributed by atoms with Crippen LogP contribution in [-0.2, 0) is 4.79 Å². The second-order valence-electron chi connectivity index (χ2n) is 4.33. The quantitative estimate of drug-likeness (QED) is 0.832. The minimum atomic E-state index is -1.09. The van der Waals surface area contributed by atoms with Crippen LogP contribution in [0, 0.1) is 11.6 Å². The molecule has 0 aromatic heterocycles. The first-order valence-corrected chi connectivity index (χ1v) is 7.22. The average molecular weight is 322 g/mol. The molecule has 114 valence electrons. The van der Waals surface area contributed by atoms with Crippen molar-refractivity contribution in [1.82, 2.24) is 0 Å². The van der Waals surface area contributed by atoms with Crippen LogP contribution in [0.3, 0.4) is 0 Å². The SMILES string of the molecule is NC(=O)CSc1ccccc1NC(=O)c1ccc(F)c(F)c1. The van der Waals surface area contributed by atoms with Gasteiger partial charge in [-0.2, -0.15) is 0 Å². The molecule has 0 saturated heterocycles. The normalized spacial score (nSPS) is 10.3. The van der Waals surface area contributed by atoms with Gasteiger partial charge in [0.2, 0.25) is 5.91 Å². The molecule has 7 heteroatoms. The molecule has 2 rings (SSSR count). The van der Waals surface area contributed by atoms with Gasteiger partial charge in [0.1, 0.15) is 0 Å². The number of hydrogen-bond donors (Lipinski definition) is 2. The third kappa shape index (κ3) is 4.05. The molecule has 0 fully saturated rings. The molecule has 0 saturated carbocycles. The van der Waals surface area contributed by atoms with Crippen LogP contribution >= 0.6 is 11.8 Å². The highest BCUT2D eigenvalue weighted by atomic mass is 32.2. The van der Waals surface area contributed by atoms with Gasteiger partial charge in [-0.25, -0.2) is 8.78 Å². The summed E-state index contributed by atoms with van der Waals surface area (Å²) in [7, 11) is 0. The van der Waals surface area contributed by atoms with Gasteiger partial charge < -0.3 is 11.1 Å². The van der Waals surface area contributed by atoms with E-state index in [9.17, 15) is 18.4 Å². The summed E-state index contributed by atoms with van der Waals surface area (Å²) >= 11 is 1.17. The number of nitrogens with one attached hydrogen (secondary N) is 1. The van der Waals surface area contributed by atoms with E-state index in [0.717, 1.165) is 12.1 Å². The molecular weight excluding hydrogens is 310 g/mol. The van der Waals surface area contributed by atoms with Crippen LogP contribution in [0.5, 0.6) is 0 Å². The Morgan fingerprint density at radius 1 is 1.09 bits per heavy atom. The molecule has 0 spiro atoms.